The van der Waals surface area contributed by atoms with Crippen LogP contribution in [-0.2, 0) is 19.1 Å². The molecule has 0 unspecified atom stereocenters. The monoisotopic (exact) mass is 423 g/mol. The summed E-state index contributed by atoms with van der Waals surface area (Å²) in [6.07, 6.45) is 2.71. The number of hydrogen-bond acceptors (Lipinski definition) is 6. The van der Waals surface area contributed by atoms with Crippen LogP contribution < -0.4 is 5.32 Å². The lowest BCUT2D eigenvalue weighted by molar-refractivity contribution is -0.136. The molecule has 31 heavy (non-hydrogen) atoms. The molecule has 0 aromatic heterocycles. The number of anilines is 1. The third-order valence-electron chi connectivity index (χ3n) is 4.24. The Morgan fingerprint density at radius 1 is 0.903 bits per heavy atom. The van der Waals surface area contributed by atoms with E-state index in [1.165, 1.54) is 19.3 Å². The molecule has 0 saturated heterocycles. The van der Waals surface area contributed by atoms with Gasteiger partial charge in [-0.3, -0.25) is 9.59 Å². The SMILES string of the molecule is COC(=O)c1ccc(/C=C/C(=O)OCC(=O)c2ccc(NC(=O)C(C)(C)C)cc2)cc1. The fourth-order valence-electron chi connectivity index (χ4n) is 2.34. The zero-order valence-corrected chi connectivity index (χ0v) is 17.9. The average molecular weight is 423 g/mol. The van der Waals surface area contributed by atoms with Crippen molar-refractivity contribution >= 4 is 35.4 Å². The fraction of sp³-hybridized carbons (Fsp3) is 0.250. The van der Waals surface area contributed by atoms with Gasteiger partial charge in [-0.05, 0) is 48.0 Å². The molecule has 162 valence electrons. The summed E-state index contributed by atoms with van der Waals surface area (Å²) >= 11 is 0. The second kappa shape index (κ2) is 10.3. The standard InChI is InChI=1S/C24H25NO6/c1-24(2,3)23(29)25-19-12-10-17(11-13-19)20(26)15-31-21(27)14-7-16-5-8-18(9-6-16)22(28)30-4/h5-14H,15H2,1-4H3,(H,25,29)/b14-7+. The highest BCUT2D eigenvalue weighted by Crippen LogP contribution is 2.18. The summed E-state index contributed by atoms with van der Waals surface area (Å²) in [6, 6.07) is 12.8. The van der Waals surface area contributed by atoms with Crippen LogP contribution in [0.25, 0.3) is 6.08 Å². The van der Waals surface area contributed by atoms with Crippen LogP contribution in [0, 0.1) is 5.41 Å². The highest BCUT2D eigenvalue weighted by Gasteiger charge is 2.21. The van der Waals surface area contributed by atoms with Crippen LogP contribution in [-0.4, -0.2) is 37.3 Å². The summed E-state index contributed by atoms with van der Waals surface area (Å²) in [7, 11) is 1.30. The predicted octanol–water partition coefficient (Wildman–Crippen LogP) is 3.90. The van der Waals surface area contributed by atoms with Crippen molar-refractivity contribution in [2.45, 2.75) is 20.8 Å². The van der Waals surface area contributed by atoms with Crippen molar-refractivity contribution in [3.8, 4) is 0 Å². The molecule has 0 saturated carbocycles. The molecular weight excluding hydrogens is 398 g/mol. The number of nitrogens with one attached hydrogen (secondary N) is 1. The number of amides is 1. The quantitative estimate of drug-likeness (QED) is 0.412. The molecule has 7 nitrogen and oxygen atoms in total. The molecule has 2 rings (SSSR count). The Bertz CT molecular complexity index is 982. The van der Waals surface area contributed by atoms with Crippen molar-refractivity contribution in [2.24, 2.45) is 5.41 Å². The summed E-state index contributed by atoms with van der Waals surface area (Å²) < 4.78 is 9.60. The van der Waals surface area contributed by atoms with E-state index in [-0.39, 0.29) is 11.7 Å². The molecule has 0 bridgehead atoms. The summed E-state index contributed by atoms with van der Waals surface area (Å²) in [5, 5.41) is 2.77. The van der Waals surface area contributed by atoms with Crippen molar-refractivity contribution in [3.05, 3.63) is 71.3 Å². The minimum Gasteiger partial charge on any atom is -0.465 e. The molecule has 1 N–H and O–H groups in total. The Labute approximate surface area is 181 Å². The maximum Gasteiger partial charge on any atom is 0.337 e. The molecule has 2 aromatic rings. The molecule has 0 fully saturated rings. The van der Waals surface area contributed by atoms with Gasteiger partial charge in [0.05, 0.1) is 12.7 Å². The zero-order valence-electron chi connectivity index (χ0n) is 17.9. The van der Waals surface area contributed by atoms with E-state index >= 15 is 0 Å². The van der Waals surface area contributed by atoms with Gasteiger partial charge in [0.2, 0.25) is 5.91 Å². The second-order valence-corrected chi connectivity index (χ2v) is 7.76. The van der Waals surface area contributed by atoms with Gasteiger partial charge in [0, 0.05) is 22.7 Å². The second-order valence-electron chi connectivity index (χ2n) is 7.76. The maximum absolute atomic E-state index is 12.2. The van der Waals surface area contributed by atoms with E-state index in [4.69, 9.17) is 4.74 Å². The summed E-state index contributed by atoms with van der Waals surface area (Å²) in [4.78, 5) is 47.5. The topological polar surface area (TPSA) is 98.8 Å². The molecule has 7 heteroatoms. The van der Waals surface area contributed by atoms with E-state index in [9.17, 15) is 19.2 Å². The molecule has 1 amide bonds. The summed E-state index contributed by atoms with van der Waals surface area (Å²) in [5.41, 5.74) is 1.50. The number of Topliss-reactive ketones (excluding diaryl/α,β-unsaturated/α-hetero) is 1. The smallest absolute Gasteiger partial charge is 0.337 e. The van der Waals surface area contributed by atoms with Crippen LogP contribution in [0.5, 0.6) is 0 Å². The van der Waals surface area contributed by atoms with Crippen molar-refractivity contribution in [3.63, 3.8) is 0 Å². The highest BCUT2D eigenvalue weighted by molar-refractivity contribution is 6.00. The molecular formula is C24H25NO6. The van der Waals surface area contributed by atoms with Gasteiger partial charge in [-0.25, -0.2) is 9.59 Å². The van der Waals surface area contributed by atoms with E-state index in [0.29, 0.717) is 22.4 Å². The van der Waals surface area contributed by atoms with Crippen LogP contribution in [0.15, 0.2) is 54.6 Å². The number of carbonyl (C=O) groups is 4. The molecule has 2 aromatic carbocycles. The van der Waals surface area contributed by atoms with Gasteiger partial charge in [-0.1, -0.05) is 32.9 Å². The molecule has 0 aliphatic rings. The Balaban J connectivity index is 1.86. The van der Waals surface area contributed by atoms with Crippen LogP contribution in [0.3, 0.4) is 0 Å². The lowest BCUT2D eigenvalue weighted by Gasteiger charge is -2.17. The van der Waals surface area contributed by atoms with E-state index in [2.05, 4.69) is 10.1 Å². The highest BCUT2D eigenvalue weighted by atomic mass is 16.5. The number of rotatable bonds is 7. The Morgan fingerprint density at radius 3 is 2.03 bits per heavy atom. The van der Waals surface area contributed by atoms with E-state index < -0.39 is 24.0 Å². The van der Waals surface area contributed by atoms with Crippen LogP contribution >= 0.6 is 0 Å². The summed E-state index contributed by atoms with van der Waals surface area (Å²) in [6.45, 7) is 5.01. The Morgan fingerprint density at radius 2 is 1.48 bits per heavy atom. The van der Waals surface area contributed by atoms with Crippen molar-refractivity contribution in [2.75, 3.05) is 19.0 Å². The first-order valence-corrected chi connectivity index (χ1v) is 9.58. The molecule has 0 atom stereocenters. The first kappa shape index (κ1) is 23.5. The fourth-order valence-corrected chi connectivity index (χ4v) is 2.34. The molecule has 0 aliphatic heterocycles. The van der Waals surface area contributed by atoms with Gasteiger partial charge in [0.1, 0.15) is 0 Å². The Hall–Kier alpha value is -3.74. The first-order valence-electron chi connectivity index (χ1n) is 9.58. The number of hydrogen-bond donors (Lipinski definition) is 1. The van der Waals surface area contributed by atoms with Gasteiger partial charge in [0.15, 0.2) is 12.4 Å². The van der Waals surface area contributed by atoms with E-state index in [0.717, 1.165) is 0 Å². The zero-order chi connectivity index (χ0) is 23.0. The van der Waals surface area contributed by atoms with E-state index in [1.54, 1.807) is 69.3 Å². The Kier molecular flexibility index (Phi) is 7.85. The van der Waals surface area contributed by atoms with E-state index in [1.807, 2.05) is 0 Å². The molecule has 0 spiro atoms. The van der Waals surface area contributed by atoms with Gasteiger partial charge in [0.25, 0.3) is 0 Å². The normalized spacial score (nSPS) is 11.1. The van der Waals surface area contributed by atoms with Gasteiger partial charge in [-0.2, -0.15) is 0 Å². The molecule has 0 heterocycles. The van der Waals surface area contributed by atoms with Gasteiger partial charge < -0.3 is 14.8 Å². The third-order valence-corrected chi connectivity index (χ3v) is 4.24. The minimum atomic E-state index is -0.667. The molecule has 0 aliphatic carbocycles. The van der Waals surface area contributed by atoms with Crippen LogP contribution in [0.1, 0.15) is 47.1 Å². The minimum absolute atomic E-state index is 0.132. The maximum atomic E-state index is 12.2. The van der Waals surface area contributed by atoms with Crippen molar-refractivity contribution in [1.29, 1.82) is 0 Å². The lowest BCUT2D eigenvalue weighted by Crippen LogP contribution is -2.27. The lowest BCUT2D eigenvalue weighted by atomic mass is 9.95. The largest absolute Gasteiger partial charge is 0.465 e. The number of esters is 2. The molecule has 0 radical (unpaired) electrons. The third kappa shape index (κ3) is 7.22. The number of ketones is 1. The van der Waals surface area contributed by atoms with Gasteiger partial charge >= 0.3 is 11.9 Å². The average Bonchev–Trinajstić information content (AvgIpc) is 2.75. The van der Waals surface area contributed by atoms with Crippen LogP contribution in [0.4, 0.5) is 5.69 Å². The first-order chi connectivity index (χ1) is 14.6. The predicted molar refractivity (Wildman–Crippen MR) is 117 cm³/mol. The van der Waals surface area contributed by atoms with Crippen molar-refractivity contribution < 1.29 is 28.7 Å². The van der Waals surface area contributed by atoms with Gasteiger partial charge in [-0.15, -0.1) is 0 Å². The van der Waals surface area contributed by atoms with Crippen LogP contribution in [0.2, 0.25) is 0 Å². The number of methoxy groups -OCH3 is 1. The number of carbonyl (C=O) groups excluding carboxylic acids is 4. The van der Waals surface area contributed by atoms with Crippen molar-refractivity contribution in [1.82, 2.24) is 0 Å². The number of ether oxygens (including phenoxy) is 2. The summed E-state index contributed by atoms with van der Waals surface area (Å²) in [5.74, 6) is -1.61. The number of benzene rings is 2.